The molecule has 21 heavy (non-hydrogen) atoms. The summed E-state index contributed by atoms with van der Waals surface area (Å²) in [6.07, 6.45) is 0. The summed E-state index contributed by atoms with van der Waals surface area (Å²) >= 11 is 0. The largest absolute Gasteiger partial charge is 0.322 e. The van der Waals surface area contributed by atoms with Crippen molar-refractivity contribution in [3.63, 3.8) is 0 Å². The molecule has 0 bridgehead atoms. The first-order valence-corrected chi connectivity index (χ1v) is 5.58. The van der Waals surface area contributed by atoms with Crippen LogP contribution >= 0.6 is 0 Å². The molecule has 0 spiro atoms. The number of carbonyl (C=O) groups is 1. The van der Waals surface area contributed by atoms with Crippen molar-refractivity contribution >= 4 is 11.6 Å². The van der Waals surface area contributed by atoms with Crippen LogP contribution in [-0.2, 0) is 0 Å². The Bertz CT molecular complexity index is 768. The number of carbonyl (C=O) groups excluding carboxylic acids is 1. The monoisotopic (exact) mass is 294 g/mol. The predicted octanol–water partition coefficient (Wildman–Crippen LogP) is 3.37. The van der Waals surface area contributed by atoms with Gasteiger partial charge in [-0.3, -0.25) is 4.79 Å². The first-order chi connectivity index (χ1) is 9.93. The number of nitrogens with one attached hydrogen (secondary N) is 1. The number of rotatable bonds is 2. The van der Waals surface area contributed by atoms with E-state index in [1.54, 1.807) is 6.07 Å². The van der Waals surface area contributed by atoms with Gasteiger partial charge in [-0.05, 0) is 30.3 Å². The number of nitrogens with zero attached hydrogens (tertiary/aromatic N) is 1. The summed E-state index contributed by atoms with van der Waals surface area (Å²) in [6, 6.07) is 6.07. The van der Waals surface area contributed by atoms with Crippen molar-refractivity contribution in [1.82, 2.24) is 0 Å². The second kappa shape index (κ2) is 5.63. The van der Waals surface area contributed by atoms with Gasteiger partial charge in [0.2, 0.25) is 0 Å². The first kappa shape index (κ1) is 14.5. The third-order valence-corrected chi connectivity index (χ3v) is 2.62. The van der Waals surface area contributed by atoms with Gasteiger partial charge in [-0.15, -0.1) is 0 Å². The van der Waals surface area contributed by atoms with Gasteiger partial charge in [0.1, 0.15) is 11.9 Å². The zero-order valence-corrected chi connectivity index (χ0v) is 10.3. The van der Waals surface area contributed by atoms with Gasteiger partial charge in [0.05, 0.1) is 11.1 Å². The third kappa shape index (κ3) is 2.84. The van der Waals surface area contributed by atoms with Gasteiger partial charge in [-0.1, -0.05) is 0 Å². The van der Waals surface area contributed by atoms with Crippen LogP contribution in [-0.4, -0.2) is 5.91 Å². The minimum absolute atomic E-state index is 0.0158. The molecule has 106 valence electrons. The molecule has 1 N–H and O–H groups in total. The molecule has 0 saturated heterocycles. The maximum atomic E-state index is 13.4. The van der Waals surface area contributed by atoms with E-state index in [-0.39, 0.29) is 11.3 Å². The molecular weight excluding hydrogens is 288 g/mol. The fourth-order valence-corrected chi connectivity index (χ4v) is 1.59. The molecule has 7 heteroatoms. The zero-order chi connectivity index (χ0) is 15.6. The van der Waals surface area contributed by atoms with Crippen LogP contribution in [0.2, 0.25) is 0 Å². The van der Waals surface area contributed by atoms with Gasteiger partial charge in [-0.2, -0.15) is 5.26 Å². The molecular formula is C14H6F4N2O. The summed E-state index contributed by atoms with van der Waals surface area (Å²) in [6.45, 7) is 0. The van der Waals surface area contributed by atoms with Gasteiger partial charge in [0, 0.05) is 5.69 Å². The minimum Gasteiger partial charge on any atom is -0.322 e. The van der Waals surface area contributed by atoms with E-state index in [0.29, 0.717) is 6.07 Å². The summed E-state index contributed by atoms with van der Waals surface area (Å²) in [5.41, 5.74) is -1.02. The lowest BCUT2D eigenvalue weighted by Crippen LogP contribution is -2.15. The molecule has 0 unspecified atom stereocenters. The SMILES string of the molecule is N#Cc1cc(NC(=O)c2ccc(F)c(F)c2F)ccc1F. The van der Waals surface area contributed by atoms with Crippen LogP contribution in [0.5, 0.6) is 0 Å². The molecule has 2 aromatic carbocycles. The fourth-order valence-electron chi connectivity index (χ4n) is 1.59. The topological polar surface area (TPSA) is 52.9 Å². The maximum Gasteiger partial charge on any atom is 0.258 e. The number of anilines is 1. The van der Waals surface area contributed by atoms with Crippen molar-refractivity contribution in [2.24, 2.45) is 0 Å². The Hall–Kier alpha value is -2.88. The lowest BCUT2D eigenvalue weighted by molar-refractivity contribution is 0.102. The van der Waals surface area contributed by atoms with Crippen LogP contribution < -0.4 is 5.32 Å². The first-order valence-electron chi connectivity index (χ1n) is 5.58. The van der Waals surface area contributed by atoms with Crippen molar-refractivity contribution < 1.29 is 22.4 Å². The minimum atomic E-state index is -1.76. The Morgan fingerprint density at radius 1 is 1.00 bits per heavy atom. The van der Waals surface area contributed by atoms with Crippen LogP contribution in [0.1, 0.15) is 15.9 Å². The Kier molecular flexibility index (Phi) is 3.89. The van der Waals surface area contributed by atoms with Gasteiger partial charge in [0.15, 0.2) is 17.5 Å². The molecule has 2 rings (SSSR count). The number of benzene rings is 2. The highest BCUT2D eigenvalue weighted by Gasteiger charge is 2.19. The van der Waals surface area contributed by atoms with E-state index < -0.39 is 34.7 Å². The molecule has 0 aliphatic rings. The van der Waals surface area contributed by atoms with Crippen molar-refractivity contribution in [1.29, 1.82) is 5.26 Å². The van der Waals surface area contributed by atoms with E-state index in [4.69, 9.17) is 5.26 Å². The maximum absolute atomic E-state index is 13.4. The Balaban J connectivity index is 2.31. The molecule has 0 radical (unpaired) electrons. The number of halogens is 4. The number of nitriles is 1. The number of hydrogen-bond acceptors (Lipinski definition) is 2. The summed E-state index contributed by atoms with van der Waals surface area (Å²) in [7, 11) is 0. The van der Waals surface area contributed by atoms with Crippen molar-refractivity contribution in [3.05, 3.63) is 64.7 Å². The fraction of sp³-hybridized carbons (Fsp3) is 0. The van der Waals surface area contributed by atoms with Crippen LogP contribution in [0, 0.1) is 34.6 Å². The Morgan fingerprint density at radius 3 is 2.33 bits per heavy atom. The van der Waals surface area contributed by atoms with E-state index in [2.05, 4.69) is 5.32 Å². The molecule has 0 heterocycles. The Labute approximate surface area is 116 Å². The molecule has 1 amide bonds. The van der Waals surface area contributed by atoms with Crippen LogP contribution in [0.3, 0.4) is 0 Å². The van der Waals surface area contributed by atoms with E-state index >= 15 is 0 Å². The van der Waals surface area contributed by atoms with E-state index in [1.807, 2.05) is 0 Å². The second-order valence-electron chi connectivity index (χ2n) is 3.98. The van der Waals surface area contributed by atoms with Crippen molar-refractivity contribution in [2.45, 2.75) is 0 Å². The molecule has 0 atom stereocenters. The molecule has 0 saturated carbocycles. The highest BCUT2D eigenvalue weighted by atomic mass is 19.2. The van der Waals surface area contributed by atoms with E-state index in [9.17, 15) is 22.4 Å². The predicted molar refractivity (Wildman–Crippen MR) is 65.4 cm³/mol. The summed E-state index contributed by atoms with van der Waals surface area (Å²) in [4.78, 5) is 11.8. The third-order valence-electron chi connectivity index (χ3n) is 2.62. The standard InChI is InChI=1S/C14H6F4N2O/c15-10-3-1-8(5-7(10)6-19)20-14(21)9-2-4-11(16)13(18)12(9)17/h1-5H,(H,20,21). The number of amides is 1. The lowest BCUT2D eigenvalue weighted by atomic mass is 10.1. The molecule has 2 aromatic rings. The van der Waals surface area contributed by atoms with Crippen molar-refractivity contribution in [3.8, 4) is 6.07 Å². The van der Waals surface area contributed by atoms with Crippen LogP contribution in [0.4, 0.5) is 23.2 Å². The van der Waals surface area contributed by atoms with Crippen LogP contribution in [0.25, 0.3) is 0 Å². The normalized spacial score (nSPS) is 10.0. The molecule has 0 aliphatic heterocycles. The molecule has 0 aliphatic carbocycles. The highest BCUT2D eigenvalue weighted by Crippen LogP contribution is 2.18. The molecule has 0 aromatic heterocycles. The Morgan fingerprint density at radius 2 is 1.67 bits per heavy atom. The average Bonchev–Trinajstić information content (AvgIpc) is 2.46. The van der Waals surface area contributed by atoms with E-state index in [1.165, 1.54) is 0 Å². The van der Waals surface area contributed by atoms with Gasteiger partial charge >= 0.3 is 0 Å². The van der Waals surface area contributed by atoms with Gasteiger partial charge in [-0.25, -0.2) is 17.6 Å². The highest BCUT2D eigenvalue weighted by molar-refractivity contribution is 6.04. The molecule has 3 nitrogen and oxygen atoms in total. The number of hydrogen-bond donors (Lipinski definition) is 1. The quantitative estimate of drug-likeness (QED) is 0.682. The lowest BCUT2D eigenvalue weighted by Gasteiger charge is -2.07. The summed E-state index contributed by atoms with van der Waals surface area (Å²) in [5.74, 6) is -6.65. The zero-order valence-electron chi connectivity index (χ0n) is 10.3. The van der Waals surface area contributed by atoms with Crippen LogP contribution in [0.15, 0.2) is 30.3 Å². The second-order valence-corrected chi connectivity index (χ2v) is 3.98. The smallest absolute Gasteiger partial charge is 0.258 e. The van der Waals surface area contributed by atoms with Gasteiger partial charge in [0.25, 0.3) is 5.91 Å². The average molecular weight is 294 g/mol. The van der Waals surface area contributed by atoms with E-state index in [0.717, 1.165) is 24.3 Å². The summed E-state index contributed by atoms with van der Waals surface area (Å²) < 4.78 is 52.4. The summed E-state index contributed by atoms with van der Waals surface area (Å²) in [5, 5.41) is 10.8. The van der Waals surface area contributed by atoms with Crippen molar-refractivity contribution in [2.75, 3.05) is 5.32 Å². The van der Waals surface area contributed by atoms with Gasteiger partial charge < -0.3 is 5.32 Å². The molecule has 0 fully saturated rings.